The van der Waals surface area contributed by atoms with Crippen LogP contribution in [0, 0.1) is 0 Å². The van der Waals surface area contributed by atoms with Crippen LogP contribution in [-0.4, -0.2) is 10.9 Å². The number of nitrogens with zero attached hydrogens (tertiary/aromatic N) is 1. The Kier molecular flexibility index (Phi) is 3.88. The van der Waals surface area contributed by atoms with Gasteiger partial charge in [-0.05, 0) is 33.6 Å². The van der Waals surface area contributed by atoms with Crippen molar-refractivity contribution in [3.8, 4) is 0 Å². The number of pyridine rings is 1. The van der Waals surface area contributed by atoms with Gasteiger partial charge in [-0.2, -0.15) is 0 Å². The quantitative estimate of drug-likeness (QED) is 0.884. The van der Waals surface area contributed by atoms with E-state index in [4.69, 9.17) is 0 Å². The molecule has 0 saturated carbocycles. The summed E-state index contributed by atoms with van der Waals surface area (Å²) in [6.45, 7) is 0.527. The molecule has 0 aliphatic rings. The maximum Gasteiger partial charge on any atom is 0.251 e. The number of halogens is 1. The van der Waals surface area contributed by atoms with Crippen LogP contribution in [0.1, 0.15) is 15.9 Å². The maximum absolute atomic E-state index is 11.8. The number of aromatic nitrogens is 1. The zero-order valence-corrected chi connectivity index (χ0v) is 10.6. The Balaban J connectivity index is 1.98. The molecular formula is C13H11BrN2O. The van der Waals surface area contributed by atoms with Crippen molar-refractivity contribution in [1.29, 1.82) is 0 Å². The average Bonchev–Trinajstić information content (AvgIpc) is 2.37. The van der Waals surface area contributed by atoms with Crippen LogP contribution in [0.25, 0.3) is 0 Å². The van der Waals surface area contributed by atoms with Crippen LogP contribution in [0.4, 0.5) is 0 Å². The summed E-state index contributed by atoms with van der Waals surface area (Å²) in [5, 5.41) is 2.85. The van der Waals surface area contributed by atoms with Crippen molar-refractivity contribution in [2.24, 2.45) is 0 Å². The second kappa shape index (κ2) is 5.59. The molecule has 2 aromatic rings. The minimum Gasteiger partial charge on any atom is -0.348 e. The fourth-order valence-corrected chi connectivity index (χ4v) is 1.79. The molecule has 0 fully saturated rings. The van der Waals surface area contributed by atoms with E-state index in [1.165, 1.54) is 0 Å². The van der Waals surface area contributed by atoms with E-state index in [0.29, 0.717) is 16.7 Å². The van der Waals surface area contributed by atoms with Crippen molar-refractivity contribution in [2.75, 3.05) is 0 Å². The lowest BCUT2D eigenvalue weighted by Gasteiger charge is -2.05. The average molecular weight is 291 g/mol. The van der Waals surface area contributed by atoms with Crippen molar-refractivity contribution in [3.63, 3.8) is 0 Å². The standard InChI is InChI=1S/C13H11BrN2O/c14-12-8-11(6-7-15-12)13(17)16-9-10-4-2-1-3-5-10/h1-8H,9H2,(H,16,17). The lowest BCUT2D eigenvalue weighted by Crippen LogP contribution is -2.22. The number of carbonyl (C=O) groups excluding carboxylic acids is 1. The van der Waals surface area contributed by atoms with Gasteiger partial charge in [0.2, 0.25) is 0 Å². The van der Waals surface area contributed by atoms with E-state index in [9.17, 15) is 4.79 Å². The SMILES string of the molecule is O=C(NCc1ccccc1)c1ccnc(Br)c1. The molecule has 1 amide bonds. The highest BCUT2D eigenvalue weighted by Crippen LogP contribution is 2.08. The van der Waals surface area contributed by atoms with Crippen LogP contribution in [0.2, 0.25) is 0 Å². The molecule has 0 atom stereocenters. The molecule has 0 unspecified atom stereocenters. The van der Waals surface area contributed by atoms with Gasteiger partial charge in [-0.3, -0.25) is 4.79 Å². The van der Waals surface area contributed by atoms with Crippen molar-refractivity contribution in [1.82, 2.24) is 10.3 Å². The molecule has 0 spiro atoms. The molecule has 0 radical (unpaired) electrons. The van der Waals surface area contributed by atoms with E-state index in [0.717, 1.165) is 5.56 Å². The van der Waals surface area contributed by atoms with Crippen LogP contribution >= 0.6 is 15.9 Å². The van der Waals surface area contributed by atoms with E-state index in [2.05, 4.69) is 26.2 Å². The predicted molar refractivity (Wildman–Crippen MR) is 69.5 cm³/mol. The van der Waals surface area contributed by atoms with Crippen LogP contribution in [0.3, 0.4) is 0 Å². The first-order valence-electron chi connectivity index (χ1n) is 5.19. The fourth-order valence-electron chi connectivity index (χ4n) is 1.42. The molecule has 0 saturated heterocycles. The molecule has 4 heteroatoms. The molecule has 3 nitrogen and oxygen atoms in total. The monoisotopic (exact) mass is 290 g/mol. The zero-order chi connectivity index (χ0) is 12.1. The van der Waals surface area contributed by atoms with E-state index in [-0.39, 0.29) is 5.91 Å². The van der Waals surface area contributed by atoms with Crippen LogP contribution in [0.15, 0.2) is 53.3 Å². The Morgan fingerprint density at radius 3 is 2.71 bits per heavy atom. The highest BCUT2D eigenvalue weighted by atomic mass is 79.9. The van der Waals surface area contributed by atoms with Gasteiger partial charge in [0.05, 0.1) is 0 Å². The van der Waals surface area contributed by atoms with E-state index < -0.39 is 0 Å². The van der Waals surface area contributed by atoms with Crippen molar-refractivity contribution >= 4 is 21.8 Å². The summed E-state index contributed by atoms with van der Waals surface area (Å²) in [4.78, 5) is 15.8. The second-order valence-electron chi connectivity index (χ2n) is 3.54. The smallest absolute Gasteiger partial charge is 0.251 e. The largest absolute Gasteiger partial charge is 0.348 e. The van der Waals surface area contributed by atoms with Crippen molar-refractivity contribution in [2.45, 2.75) is 6.54 Å². The molecule has 1 heterocycles. The van der Waals surface area contributed by atoms with Gasteiger partial charge in [0.15, 0.2) is 0 Å². The summed E-state index contributed by atoms with van der Waals surface area (Å²) in [6.07, 6.45) is 1.60. The second-order valence-corrected chi connectivity index (χ2v) is 4.35. The number of carbonyl (C=O) groups is 1. The number of hydrogen-bond donors (Lipinski definition) is 1. The van der Waals surface area contributed by atoms with Gasteiger partial charge in [-0.1, -0.05) is 30.3 Å². The Bertz CT molecular complexity index is 514. The minimum atomic E-state index is -0.100. The summed E-state index contributed by atoms with van der Waals surface area (Å²) in [5.74, 6) is -0.100. The molecule has 2 rings (SSSR count). The topological polar surface area (TPSA) is 42.0 Å². The van der Waals surface area contributed by atoms with E-state index in [1.807, 2.05) is 30.3 Å². The number of hydrogen-bond acceptors (Lipinski definition) is 2. The first kappa shape index (κ1) is 11.8. The maximum atomic E-state index is 11.8. The Morgan fingerprint density at radius 1 is 1.24 bits per heavy atom. The van der Waals surface area contributed by atoms with Gasteiger partial charge in [-0.15, -0.1) is 0 Å². The van der Waals surface area contributed by atoms with Crippen molar-refractivity contribution in [3.05, 3.63) is 64.4 Å². The Morgan fingerprint density at radius 2 is 2.00 bits per heavy atom. The number of rotatable bonds is 3. The third kappa shape index (κ3) is 3.39. The molecule has 17 heavy (non-hydrogen) atoms. The molecule has 86 valence electrons. The normalized spacial score (nSPS) is 9.94. The van der Waals surface area contributed by atoms with Crippen LogP contribution < -0.4 is 5.32 Å². The summed E-state index contributed by atoms with van der Waals surface area (Å²) in [7, 11) is 0. The zero-order valence-electron chi connectivity index (χ0n) is 9.06. The van der Waals surface area contributed by atoms with Crippen LogP contribution in [-0.2, 0) is 6.54 Å². The van der Waals surface area contributed by atoms with Gasteiger partial charge in [0.25, 0.3) is 5.91 Å². The molecule has 0 aliphatic carbocycles. The molecule has 0 bridgehead atoms. The number of nitrogens with one attached hydrogen (secondary N) is 1. The molecular weight excluding hydrogens is 280 g/mol. The predicted octanol–water partition coefficient (Wildman–Crippen LogP) is 2.77. The van der Waals surface area contributed by atoms with Gasteiger partial charge >= 0.3 is 0 Å². The Labute approximate surface area is 108 Å². The first-order valence-corrected chi connectivity index (χ1v) is 5.99. The summed E-state index contributed by atoms with van der Waals surface area (Å²) < 4.78 is 0.657. The number of amides is 1. The molecule has 1 aromatic carbocycles. The van der Waals surface area contributed by atoms with Gasteiger partial charge in [-0.25, -0.2) is 4.98 Å². The van der Waals surface area contributed by atoms with Gasteiger partial charge < -0.3 is 5.32 Å². The first-order chi connectivity index (χ1) is 8.25. The molecule has 0 aliphatic heterocycles. The molecule has 1 aromatic heterocycles. The lowest BCUT2D eigenvalue weighted by molar-refractivity contribution is 0.0950. The summed E-state index contributed by atoms with van der Waals surface area (Å²) >= 11 is 3.24. The van der Waals surface area contributed by atoms with Crippen LogP contribution in [0.5, 0.6) is 0 Å². The van der Waals surface area contributed by atoms with Gasteiger partial charge in [0, 0.05) is 18.3 Å². The van der Waals surface area contributed by atoms with E-state index in [1.54, 1.807) is 18.3 Å². The fraction of sp³-hybridized carbons (Fsp3) is 0.0769. The third-order valence-corrected chi connectivity index (χ3v) is 2.72. The minimum absolute atomic E-state index is 0.100. The van der Waals surface area contributed by atoms with Gasteiger partial charge in [0.1, 0.15) is 4.60 Å². The lowest BCUT2D eigenvalue weighted by atomic mass is 10.2. The Hall–Kier alpha value is -1.68. The number of benzene rings is 1. The summed E-state index contributed by atoms with van der Waals surface area (Å²) in [5.41, 5.74) is 1.68. The highest BCUT2D eigenvalue weighted by Gasteiger charge is 2.05. The van der Waals surface area contributed by atoms with E-state index >= 15 is 0 Å². The van der Waals surface area contributed by atoms with Crippen molar-refractivity contribution < 1.29 is 4.79 Å². The summed E-state index contributed by atoms with van der Waals surface area (Å²) in [6, 6.07) is 13.2. The highest BCUT2D eigenvalue weighted by molar-refractivity contribution is 9.10. The third-order valence-electron chi connectivity index (χ3n) is 2.28. The molecule has 1 N–H and O–H groups in total.